The minimum atomic E-state index is -5.16. The molecule has 13 nitrogen and oxygen atoms in total. The Morgan fingerprint density at radius 2 is 1.05 bits per heavy atom. The van der Waals surface area contributed by atoms with Crippen molar-refractivity contribution in [2.75, 3.05) is 13.2 Å². The molecule has 1 fully saturated rings. The summed E-state index contributed by atoms with van der Waals surface area (Å²) in [4.78, 5) is 52.3. The van der Waals surface area contributed by atoms with Crippen molar-refractivity contribution in [2.24, 2.45) is 0 Å². The van der Waals surface area contributed by atoms with E-state index in [0.717, 1.165) is 0 Å². The summed E-state index contributed by atoms with van der Waals surface area (Å²) in [6.07, 6.45) is -5.31. The zero-order valence-corrected chi connectivity index (χ0v) is 12.7. The molecule has 0 aromatic rings. The van der Waals surface area contributed by atoms with Gasteiger partial charge < -0.3 is 34.1 Å². The topological polar surface area (TPSA) is 210 Å². The molecule has 0 unspecified atom stereocenters. The predicted molar refractivity (Wildman–Crippen MR) is 61.6 cm³/mol. The third kappa shape index (κ3) is 7.91. The van der Waals surface area contributed by atoms with E-state index in [0.29, 0.717) is 0 Å². The van der Waals surface area contributed by atoms with Gasteiger partial charge in [0.05, 0.1) is 13.2 Å². The number of hydrogen-bond donors (Lipinski definition) is 6. The number of hydrogen-bond acceptors (Lipinski definition) is 7. The molecule has 1 heterocycles. The molecule has 0 aromatic heterocycles. The summed E-state index contributed by atoms with van der Waals surface area (Å²) in [5, 5.41) is 0. The molecule has 0 amide bonds. The van der Waals surface area contributed by atoms with Gasteiger partial charge in [-0.25, -0.2) is 13.7 Å². The highest BCUT2D eigenvalue weighted by molar-refractivity contribution is 7.47. The van der Waals surface area contributed by atoms with Gasteiger partial charge in [-0.3, -0.25) is 13.6 Å². The molecule has 0 bridgehead atoms. The molecule has 1 saturated heterocycles. The van der Waals surface area contributed by atoms with Gasteiger partial charge >= 0.3 is 23.5 Å². The summed E-state index contributed by atoms with van der Waals surface area (Å²) in [5.74, 6) is 0. The summed E-state index contributed by atoms with van der Waals surface area (Å²) in [6, 6.07) is 0. The van der Waals surface area contributed by atoms with Gasteiger partial charge in [0.2, 0.25) is 0 Å². The van der Waals surface area contributed by atoms with Crippen molar-refractivity contribution in [3.8, 4) is 0 Å². The zero-order chi connectivity index (χ0) is 16.5. The van der Waals surface area contributed by atoms with Crippen molar-refractivity contribution < 1.29 is 61.4 Å². The zero-order valence-electron chi connectivity index (χ0n) is 10.0. The van der Waals surface area contributed by atoms with Crippen molar-refractivity contribution >= 4 is 23.5 Å². The molecule has 0 aliphatic carbocycles. The standard InChI is InChI=1S/C5H13O13P3/c6-19(7,8)16-3-1-15-2-4(17-20(9,10)11)5(3)18-21(12,13)14/h3-5H,1-2H2,(H2,6,7,8)(H2,9,10,11)(H2,12,13,14)/t3-,4-/m1/s1. The fourth-order valence-electron chi connectivity index (χ4n) is 1.56. The van der Waals surface area contributed by atoms with Crippen molar-refractivity contribution in [1.29, 1.82) is 0 Å². The number of phosphoric ester groups is 3. The highest BCUT2D eigenvalue weighted by atomic mass is 31.2. The maximum atomic E-state index is 10.9. The first-order valence-corrected chi connectivity index (χ1v) is 9.65. The van der Waals surface area contributed by atoms with Crippen LogP contribution in [0.15, 0.2) is 0 Å². The molecule has 126 valence electrons. The third-order valence-electron chi connectivity index (χ3n) is 2.10. The third-order valence-corrected chi connectivity index (χ3v) is 3.71. The predicted octanol–water partition coefficient (Wildman–Crippen LogP) is -1.55. The first-order valence-electron chi connectivity index (χ1n) is 5.06. The summed E-state index contributed by atoms with van der Waals surface area (Å²) >= 11 is 0. The van der Waals surface area contributed by atoms with Crippen molar-refractivity contribution in [3.05, 3.63) is 0 Å². The van der Waals surface area contributed by atoms with Crippen LogP contribution in [0.25, 0.3) is 0 Å². The van der Waals surface area contributed by atoms with Crippen molar-refractivity contribution in [2.45, 2.75) is 18.3 Å². The molecule has 6 N–H and O–H groups in total. The Morgan fingerprint density at radius 3 is 1.33 bits per heavy atom. The van der Waals surface area contributed by atoms with Gasteiger partial charge in [0.25, 0.3) is 0 Å². The average molecular weight is 374 g/mol. The Labute approximate surface area is 117 Å². The maximum absolute atomic E-state index is 10.9. The van der Waals surface area contributed by atoms with E-state index in [1.165, 1.54) is 0 Å². The SMILES string of the molecule is O=P(O)(O)OC1[C@H](OP(=O)(O)O)COC[C@H]1OP(=O)(O)O. The molecule has 0 aromatic carbocycles. The Hall–Kier alpha value is 0.290. The second kappa shape index (κ2) is 6.81. The molecule has 1 aliphatic rings. The molecule has 2 atom stereocenters. The molecule has 21 heavy (non-hydrogen) atoms. The van der Waals surface area contributed by atoms with Crippen LogP contribution in [0.1, 0.15) is 0 Å². The van der Waals surface area contributed by atoms with Gasteiger partial charge in [-0.05, 0) is 0 Å². The Bertz CT molecular complexity index is 454. The normalized spacial score (nSPS) is 26.0. The number of ether oxygens (including phenoxy) is 1. The minimum Gasteiger partial charge on any atom is -0.376 e. The molecule has 1 aliphatic heterocycles. The van der Waals surface area contributed by atoms with E-state index in [1.54, 1.807) is 0 Å². The van der Waals surface area contributed by atoms with E-state index < -0.39 is 55.0 Å². The van der Waals surface area contributed by atoms with Gasteiger partial charge in [0.1, 0.15) is 18.3 Å². The highest BCUT2D eigenvalue weighted by Crippen LogP contribution is 2.47. The van der Waals surface area contributed by atoms with Gasteiger partial charge in [0, 0.05) is 0 Å². The minimum absolute atomic E-state index is 0.545. The molecular weight excluding hydrogens is 361 g/mol. The molecule has 0 spiro atoms. The van der Waals surface area contributed by atoms with Crippen LogP contribution >= 0.6 is 23.5 Å². The maximum Gasteiger partial charge on any atom is 0.470 e. The lowest BCUT2D eigenvalue weighted by molar-refractivity contribution is -0.138. The smallest absolute Gasteiger partial charge is 0.376 e. The van der Waals surface area contributed by atoms with Crippen LogP contribution in [0.5, 0.6) is 0 Å². The van der Waals surface area contributed by atoms with Crippen LogP contribution in [0.4, 0.5) is 0 Å². The summed E-state index contributed by atoms with van der Waals surface area (Å²) in [7, 11) is -15.3. The van der Waals surface area contributed by atoms with Crippen LogP contribution in [0.2, 0.25) is 0 Å². The van der Waals surface area contributed by atoms with E-state index >= 15 is 0 Å². The Kier molecular flexibility index (Phi) is 6.27. The summed E-state index contributed by atoms with van der Waals surface area (Å²) in [5.41, 5.74) is 0. The van der Waals surface area contributed by atoms with Crippen LogP contribution < -0.4 is 0 Å². The fourth-order valence-corrected chi connectivity index (χ4v) is 3.21. The van der Waals surface area contributed by atoms with Crippen LogP contribution in [0.3, 0.4) is 0 Å². The lowest BCUT2D eigenvalue weighted by Crippen LogP contribution is -2.50. The van der Waals surface area contributed by atoms with E-state index in [2.05, 4.69) is 13.6 Å². The second-order valence-corrected chi connectivity index (χ2v) is 7.44. The van der Waals surface area contributed by atoms with Crippen molar-refractivity contribution in [1.82, 2.24) is 0 Å². The molecule has 0 radical (unpaired) electrons. The first kappa shape index (κ1) is 19.3. The van der Waals surface area contributed by atoms with Crippen LogP contribution in [0, 0.1) is 0 Å². The quantitative estimate of drug-likeness (QED) is 0.291. The van der Waals surface area contributed by atoms with Gasteiger partial charge in [-0.1, -0.05) is 0 Å². The largest absolute Gasteiger partial charge is 0.470 e. The summed E-state index contributed by atoms with van der Waals surface area (Å²) in [6.45, 7) is -1.09. The Morgan fingerprint density at radius 1 is 0.714 bits per heavy atom. The number of rotatable bonds is 6. The van der Waals surface area contributed by atoms with Crippen molar-refractivity contribution in [3.63, 3.8) is 0 Å². The number of phosphoric acid groups is 3. The van der Waals surface area contributed by atoms with E-state index in [4.69, 9.17) is 34.1 Å². The average Bonchev–Trinajstić information content (AvgIpc) is 2.16. The van der Waals surface area contributed by atoms with Gasteiger partial charge in [0.15, 0.2) is 0 Å². The fraction of sp³-hybridized carbons (Fsp3) is 1.00. The van der Waals surface area contributed by atoms with E-state index in [-0.39, 0.29) is 0 Å². The second-order valence-electron chi connectivity index (χ2n) is 3.87. The highest BCUT2D eigenvalue weighted by Gasteiger charge is 2.45. The monoisotopic (exact) mass is 374 g/mol. The lowest BCUT2D eigenvalue weighted by Gasteiger charge is -2.36. The van der Waals surface area contributed by atoms with E-state index in [9.17, 15) is 13.7 Å². The lowest BCUT2D eigenvalue weighted by atomic mass is 10.1. The van der Waals surface area contributed by atoms with Gasteiger partial charge in [-0.15, -0.1) is 0 Å². The van der Waals surface area contributed by atoms with Gasteiger partial charge in [-0.2, -0.15) is 0 Å². The molecule has 16 heteroatoms. The molecule has 1 rings (SSSR count). The molecule has 0 saturated carbocycles. The van der Waals surface area contributed by atoms with Crippen LogP contribution in [-0.4, -0.2) is 60.9 Å². The summed E-state index contributed by atoms with van der Waals surface area (Å²) < 4.78 is 49.9. The first-order chi connectivity index (χ1) is 9.27. The van der Waals surface area contributed by atoms with Crippen LogP contribution in [-0.2, 0) is 32.0 Å². The Balaban J connectivity index is 2.98. The van der Waals surface area contributed by atoms with E-state index in [1.807, 2.05) is 0 Å². The molecular formula is C5H13O13P3.